The number of fused-ring (bicyclic) bond motifs is 1. The molecule has 1 aliphatic carbocycles. The molecular weight excluding hydrogens is 455 g/mol. The molecule has 1 aliphatic rings. The maximum atomic E-state index is 14.9. The van der Waals surface area contributed by atoms with Crippen molar-refractivity contribution in [3.63, 3.8) is 0 Å². The minimum Gasteiger partial charge on any atom is -0.478 e. The fraction of sp³-hybridized carbons (Fsp3) is 0.148. The van der Waals surface area contributed by atoms with Gasteiger partial charge in [0.25, 0.3) is 5.91 Å². The predicted octanol–water partition coefficient (Wildman–Crippen LogP) is 6.28. The van der Waals surface area contributed by atoms with Crippen LogP contribution in [-0.4, -0.2) is 26.8 Å². The molecule has 0 saturated carbocycles. The van der Waals surface area contributed by atoms with Gasteiger partial charge in [0.15, 0.2) is 0 Å². The van der Waals surface area contributed by atoms with Crippen molar-refractivity contribution in [3.05, 3.63) is 100.0 Å². The predicted molar refractivity (Wildman–Crippen MR) is 128 cm³/mol. The summed E-state index contributed by atoms with van der Waals surface area (Å²) in [6.07, 6.45) is 3.08. The van der Waals surface area contributed by atoms with Gasteiger partial charge >= 0.3 is 5.97 Å². The van der Waals surface area contributed by atoms with E-state index in [2.05, 4.69) is 5.10 Å². The van der Waals surface area contributed by atoms with Crippen molar-refractivity contribution >= 4 is 23.5 Å². The van der Waals surface area contributed by atoms with E-state index in [-0.39, 0.29) is 17.0 Å². The maximum absolute atomic E-state index is 14.9. The second-order valence-corrected chi connectivity index (χ2v) is 8.63. The zero-order valence-corrected chi connectivity index (χ0v) is 18.8. The minimum atomic E-state index is -1.21. The van der Waals surface area contributed by atoms with Crippen molar-refractivity contribution in [2.75, 3.05) is 0 Å². The van der Waals surface area contributed by atoms with Gasteiger partial charge in [0, 0.05) is 11.1 Å². The lowest BCUT2D eigenvalue weighted by molar-refractivity contribution is 0.0696. The Kier molecular flexibility index (Phi) is 5.75. The van der Waals surface area contributed by atoms with Crippen LogP contribution in [0.1, 0.15) is 44.8 Å². The molecule has 1 aromatic heterocycles. The Balaban J connectivity index is 1.67. The summed E-state index contributed by atoms with van der Waals surface area (Å²) in [5.74, 6) is -2.27. The number of rotatable bonds is 4. The Morgan fingerprint density at radius 1 is 0.941 bits per heavy atom. The van der Waals surface area contributed by atoms with Gasteiger partial charge in [-0.15, -0.1) is 0 Å². The van der Waals surface area contributed by atoms with Crippen molar-refractivity contribution in [2.24, 2.45) is 0 Å². The summed E-state index contributed by atoms with van der Waals surface area (Å²) in [6.45, 7) is 0. The normalized spacial score (nSPS) is 12.9. The SMILES string of the molecule is O=C(O)c1ccc(-c2nn(C(=O)c3c(Cl)cccc3-c3ccccc3)c3c2CCCC3)c(F)c1. The molecule has 0 bridgehead atoms. The maximum Gasteiger partial charge on any atom is 0.335 e. The van der Waals surface area contributed by atoms with E-state index in [9.17, 15) is 14.0 Å². The molecule has 0 aliphatic heterocycles. The molecule has 4 aromatic rings. The topological polar surface area (TPSA) is 72.2 Å². The Hall–Kier alpha value is -3.77. The molecule has 0 atom stereocenters. The molecule has 1 N–H and O–H groups in total. The first kappa shape index (κ1) is 22.0. The molecule has 0 spiro atoms. The van der Waals surface area contributed by atoms with Crippen LogP contribution in [0.25, 0.3) is 22.4 Å². The van der Waals surface area contributed by atoms with Crippen LogP contribution < -0.4 is 0 Å². The van der Waals surface area contributed by atoms with Crippen molar-refractivity contribution in [1.29, 1.82) is 0 Å². The molecule has 7 heteroatoms. The molecule has 0 fully saturated rings. The number of carbonyl (C=O) groups is 2. The highest BCUT2D eigenvalue weighted by Gasteiger charge is 2.29. The van der Waals surface area contributed by atoms with Crippen LogP contribution in [0.4, 0.5) is 4.39 Å². The van der Waals surface area contributed by atoms with Crippen molar-refractivity contribution in [2.45, 2.75) is 25.7 Å². The lowest BCUT2D eigenvalue weighted by Gasteiger charge is -2.15. The number of aromatic carboxylic acids is 1. The van der Waals surface area contributed by atoms with E-state index in [0.717, 1.165) is 35.7 Å². The fourth-order valence-corrected chi connectivity index (χ4v) is 4.78. The highest BCUT2D eigenvalue weighted by Crippen LogP contribution is 2.35. The first-order valence-electron chi connectivity index (χ1n) is 11.0. The molecule has 5 rings (SSSR count). The number of aromatic nitrogens is 2. The molecule has 3 aromatic carbocycles. The number of carboxylic acid groups (broad SMARTS) is 1. The number of nitrogens with zero attached hydrogens (tertiary/aromatic N) is 2. The Labute approximate surface area is 200 Å². The summed E-state index contributed by atoms with van der Waals surface area (Å²) < 4.78 is 16.3. The van der Waals surface area contributed by atoms with Crippen LogP contribution in [0, 0.1) is 5.82 Å². The second-order valence-electron chi connectivity index (χ2n) is 8.23. The summed E-state index contributed by atoms with van der Waals surface area (Å²) in [7, 11) is 0. The molecule has 0 unspecified atom stereocenters. The molecule has 0 radical (unpaired) electrons. The van der Waals surface area contributed by atoms with Crippen molar-refractivity contribution < 1.29 is 19.1 Å². The average Bonchev–Trinajstić information content (AvgIpc) is 3.23. The third-order valence-corrected chi connectivity index (χ3v) is 6.47. The van der Waals surface area contributed by atoms with E-state index in [1.165, 1.54) is 16.8 Å². The molecule has 1 heterocycles. The Bertz CT molecular complexity index is 1430. The zero-order chi connectivity index (χ0) is 23.8. The van der Waals surface area contributed by atoms with Crippen molar-refractivity contribution in [1.82, 2.24) is 9.78 Å². The van der Waals surface area contributed by atoms with Crippen LogP contribution in [0.5, 0.6) is 0 Å². The van der Waals surface area contributed by atoms with E-state index in [1.807, 2.05) is 36.4 Å². The van der Waals surface area contributed by atoms with Gasteiger partial charge in [-0.2, -0.15) is 9.78 Å². The van der Waals surface area contributed by atoms with E-state index in [1.54, 1.807) is 12.1 Å². The molecule has 0 amide bonds. The van der Waals surface area contributed by atoms with Gasteiger partial charge in [-0.1, -0.05) is 54.1 Å². The quantitative estimate of drug-likeness (QED) is 0.378. The number of halogens is 2. The third-order valence-electron chi connectivity index (χ3n) is 6.16. The van der Waals surface area contributed by atoms with Gasteiger partial charge in [-0.05, 0) is 61.1 Å². The van der Waals surface area contributed by atoms with Crippen LogP contribution in [0.2, 0.25) is 5.02 Å². The molecule has 0 saturated heterocycles. The van der Waals surface area contributed by atoms with Crippen LogP contribution >= 0.6 is 11.6 Å². The van der Waals surface area contributed by atoms with Gasteiger partial charge in [0.2, 0.25) is 0 Å². The number of hydrogen-bond donors (Lipinski definition) is 1. The second kappa shape index (κ2) is 8.88. The fourth-order valence-electron chi connectivity index (χ4n) is 4.53. The zero-order valence-electron chi connectivity index (χ0n) is 18.1. The Morgan fingerprint density at radius 3 is 2.44 bits per heavy atom. The standard InChI is InChI=1S/C27H20ClFN2O3/c28-21-11-6-10-18(16-7-2-1-3-8-16)24(21)26(32)31-23-12-5-4-9-20(23)25(30-31)19-14-13-17(27(33)34)15-22(19)29/h1-3,6-8,10-11,13-15H,4-5,9,12H2,(H,33,34). The van der Waals surface area contributed by atoms with Crippen molar-refractivity contribution in [3.8, 4) is 22.4 Å². The molecule has 5 nitrogen and oxygen atoms in total. The van der Waals surface area contributed by atoms with Gasteiger partial charge < -0.3 is 5.11 Å². The van der Waals surface area contributed by atoms with E-state index in [4.69, 9.17) is 16.7 Å². The molecule has 34 heavy (non-hydrogen) atoms. The molecule has 170 valence electrons. The van der Waals surface area contributed by atoms with Gasteiger partial charge in [0.1, 0.15) is 5.82 Å². The highest BCUT2D eigenvalue weighted by atomic mass is 35.5. The van der Waals surface area contributed by atoms with Gasteiger partial charge in [-0.25, -0.2) is 9.18 Å². The first-order chi connectivity index (χ1) is 16.5. The Morgan fingerprint density at radius 2 is 1.71 bits per heavy atom. The summed E-state index contributed by atoms with van der Waals surface area (Å²) in [4.78, 5) is 25.1. The van der Waals surface area contributed by atoms with Gasteiger partial charge in [-0.3, -0.25) is 4.79 Å². The van der Waals surface area contributed by atoms with Crippen LogP contribution in [0.15, 0.2) is 66.7 Å². The largest absolute Gasteiger partial charge is 0.478 e. The molecular formula is C27H20ClFN2O3. The minimum absolute atomic E-state index is 0.144. The van der Waals surface area contributed by atoms with Crippen LogP contribution in [-0.2, 0) is 12.8 Å². The third kappa shape index (κ3) is 3.80. The summed E-state index contributed by atoms with van der Waals surface area (Å²) >= 11 is 6.53. The summed E-state index contributed by atoms with van der Waals surface area (Å²) in [5.41, 5.74) is 3.83. The van der Waals surface area contributed by atoms with E-state index < -0.39 is 11.8 Å². The monoisotopic (exact) mass is 474 g/mol. The van der Waals surface area contributed by atoms with E-state index >= 15 is 0 Å². The van der Waals surface area contributed by atoms with Crippen LogP contribution in [0.3, 0.4) is 0 Å². The lowest BCUT2D eigenvalue weighted by atomic mass is 9.93. The number of benzene rings is 3. The smallest absolute Gasteiger partial charge is 0.335 e. The highest BCUT2D eigenvalue weighted by molar-refractivity contribution is 6.34. The summed E-state index contributed by atoms with van der Waals surface area (Å²) in [5, 5.41) is 14.0. The number of hydrogen-bond acceptors (Lipinski definition) is 3. The first-order valence-corrected chi connectivity index (χ1v) is 11.4. The van der Waals surface area contributed by atoms with E-state index in [0.29, 0.717) is 34.7 Å². The number of carboxylic acids is 1. The van der Waals surface area contributed by atoms with Gasteiger partial charge in [0.05, 0.1) is 27.5 Å². The lowest BCUT2D eigenvalue weighted by Crippen LogP contribution is -2.19. The summed E-state index contributed by atoms with van der Waals surface area (Å²) in [6, 6.07) is 18.5. The average molecular weight is 475 g/mol. The number of carbonyl (C=O) groups excluding carboxylic acids is 1.